The van der Waals surface area contributed by atoms with Crippen molar-refractivity contribution < 1.29 is 18.3 Å². The van der Waals surface area contributed by atoms with Crippen LogP contribution in [-0.4, -0.2) is 42.1 Å². The fourth-order valence-corrected chi connectivity index (χ4v) is 3.48. The summed E-state index contributed by atoms with van der Waals surface area (Å²) in [5, 5.41) is 8.58. The third kappa shape index (κ3) is 4.09. The molecule has 1 aliphatic rings. The van der Waals surface area contributed by atoms with E-state index in [4.69, 9.17) is 5.11 Å². The first kappa shape index (κ1) is 13.4. The number of carboxylic acid groups (broad SMARTS) is 1. The maximum Gasteiger partial charge on any atom is 0.304 e. The molecule has 0 amide bonds. The van der Waals surface area contributed by atoms with Crippen LogP contribution in [0, 0.1) is 0 Å². The van der Waals surface area contributed by atoms with Gasteiger partial charge in [-0.1, -0.05) is 13.3 Å². The number of sulfonamides is 1. The summed E-state index contributed by atoms with van der Waals surface area (Å²) in [7, 11) is -3.25. The summed E-state index contributed by atoms with van der Waals surface area (Å²) in [5.74, 6) is -0.809. The molecule has 0 atom stereocenters. The summed E-state index contributed by atoms with van der Waals surface area (Å²) in [4.78, 5) is 10.5. The molecule has 5 nitrogen and oxygen atoms in total. The third-order valence-electron chi connectivity index (χ3n) is 2.61. The molecule has 0 aromatic rings. The van der Waals surface area contributed by atoms with Gasteiger partial charge in [0.25, 0.3) is 0 Å². The Morgan fingerprint density at radius 3 is 2.50 bits per heavy atom. The summed E-state index contributed by atoms with van der Waals surface area (Å²) in [5.41, 5.74) is 0. The molecular weight excluding hydrogens is 230 g/mol. The summed E-state index contributed by atoms with van der Waals surface area (Å²) >= 11 is 0. The van der Waals surface area contributed by atoms with Gasteiger partial charge in [-0.05, 0) is 19.3 Å². The fourth-order valence-electron chi connectivity index (χ4n) is 1.56. The lowest BCUT2D eigenvalue weighted by atomic mass is 10.4. The van der Waals surface area contributed by atoms with Crippen LogP contribution in [-0.2, 0) is 14.8 Å². The molecule has 1 fully saturated rings. The normalized spacial score (nSPS) is 16.6. The van der Waals surface area contributed by atoms with Crippen molar-refractivity contribution in [3.8, 4) is 0 Å². The fraction of sp³-hybridized carbons (Fsp3) is 0.900. The predicted octanol–water partition coefficient (Wildman–Crippen LogP) is 1.06. The van der Waals surface area contributed by atoms with Crippen LogP contribution in [0.3, 0.4) is 0 Å². The Morgan fingerprint density at radius 2 is 2.06 bits per heavy atom. The van der Waals surface area contributed by atoms with Crippen LogP contribution in [0.4, 0.5) is 0 Å². The average molecular weight is 249 g/mol. The Balaban J connectivity index is 2.57. The Kier molecular flexibility index (Phi) is 4.73. The lowest BCUT2D eigenvalue weighted by Crippen LogP contribution is -2.36. The molecule has 1 saturated carbocycles. The standard InChI is InChI=1S/C10H19NO4S/c1-2-3-8-16(14,15)11(9-4-5-9)7-6-10(12)13/h9H,2-8H2,1H3,(H,12,13). The van der Waals surface area contributed by atoms with E-state index in [0.29, 0.717) is 6.42 Å². The molecule has 0 aromatic heterocycles. The van der Waals surface area contributed by atoms with Gasteiger partial charge in [0.05, 0.1) is 12.2 Å². The van der Waals surface area contributed by atoms with E-state index in [1.165, 1.54) is 4.31 Å². The van der Waals surface area contributed by atoms with Gasteiger partial charge in [0.1, 0.15) is 0 Å². The third-order valence-corrected chi connectivity index (χ3v) is 4.61. The molecule has 0 aromatic carbocycles. The molecule has 0 radical (unpaired) electrons. The van der Waals surface area contributed by atoms with E-state index < -0.39 is 16.0 Å². The largest absolute Gasteiger partial charge is 0.481 e. The molecule has 1 rings (SSSR count). The summed E-state index contributed by atoms with van der Waals surface area (Å²) in [6, 6.07) is 0.0567. The van der Waals surface area contributed by atoms with E-state index in [-0.39, 0.29) is 24.8 Å². The van der Waals surface area contributed by atoms with Crippen molar-refractivity contribution in [1.82, 2.24) is 4.31 Å². The Hall–Kier alpha value is -0.620. The van der Waals surface area contributed by atoms with E-state index >= 15 is 0 Å². The molecule has 0 unspecified atom stereocenters. The van der Waals surface area contributed by atoms with Crippen molar-refractivity contribution in [2.45, 2.75) is 45.1 Å². The average Bonchev–Trinajstić information content (AvgIpc) is 2.98. The summed E-state index contributed by atoms with van der Waals surface area (Å²) < 4.78 is 25.2. The van der Waals surface area contributed by atoms with Crippen LogP contribution in [0.25, 0.3) is 0 Å². The van der Waals surface area contributed by atoms with Crippen LogP contribution < -0.4 is 0 Å². The highest BCUT2D eigenvalue weighted by atomic mass is 32.2. The number of aliphatic carboxylic acids is 1. The quantitative estimate of drug-likeness (QED) is 0.698. The Labute approximate surface area is 96.5 Å². The highest BCUT2D eigenvalue weighted by Gasteiger charge is 2.36. The van der Waals surface area contributed by atoms with Crippen molar-refractivity contribution in [1.29, 1.82) is 0 Å². The van der Waals surface area contributed by atoms with Gasteiger partial charge in [-0.3, -0.25) is 4.79 Å². The molecule has 0 bridgehead atoms. The Bertz CT molecular complexity index is 335. The zero-order chi connectivity index (χ0) is 12.2. The van der Waals surface area contributed by atoms with Crippen molar-refractivity contribution >= 4 is 16.0 Å². The minimum Gasteiger partial charge on any atom is -0.481 e. The maximum atomic E-state index is 11.9. The predicted molar refractivity (Wildman–Crippen MR) is 60.7 cm³/mol. The van der Waals surface area contributed by atoms with E-state index in [1.807, 2.05) is 6.92 Å². The molecule has 16 heavy (non-hydrogen) atoms. The lowest BCUT2D eigenvalue weighted by molar-refractivity contribution is -0.137. The van der Waals surface area contributed by atoms with E-state index in [0.717, 1.165) is 19.3 Å². The molecule has 0 spiro atoms. The highest BCUT2D eigenvalue weighted by Crippen LogP contribution is 2.29. The van der Waals surface area contributed by atoms with E-state index in [2.05, 4.69) is 0 Å². The molecule has 0 saturated heterocycles. The van der Waals surface area contributed by atoms with Crippen LogP contribution in [0.15, 0.2) is 0 Å². The molecule has 1 N–H and O–H groups in total. The first-order chi connectivity index (χ1) is 7.47. The van der Waals surface area contributed by atoms with Crippen molar-refractivity contribution in [2.24, 2.45) is 0 Å². The van der Waals surface area contributed by atoms with Gasteiger partial charge in [0.15, 0.2) is 0 Å². The molecule has 1 aliphatic carbocycles. The minimum absolute atomic E-state index is 0.0567. The second-order valence-electron chi connectivity index (χ2n) is 4.16. The number of hydrogen-bond donors (Lipinski definition) is 1. The lowest BCUT2D eigenvalue weighted by Gasteiger charge is -2.20. The SMILES string of the molecule is CCCCS(=O)(=O)N(CCC(=O)O)C1CC1. The van der Waals surface area contributed by atoms with Crippen molar-refractivity contribution in [3.63, 3.8) is 0 Å². The van der Waals surface area contributed by atoms with Gasteiger partial charge in [-0.25, -0.2) is 8.42 Å². The van der Waals surface area contributed by atoms with E-state index in [1.54, 1.807) is 0 Å². The zero-order valence-corrected chi connectivity index (χ0v) is 10.4. The number of rotatable bonds is 8. The molecule has 0 heterocycles. The van der Waals surface area contributed by atoms with Crippen LogP contribution in [0.2, 0.25) is 0 Å². The molecule has 0 aliphatic heterocycles. The van der Waals surface area contributed by atoms with E-state index in [9.17, 15) is 13.2 Å². The second kappa shape index (κ2) is 5.63. The summed E-state index contributed by atoms with van der Waals surface area (Å²) in [6.45, 7) is 2.06. The van der Waals surface area contributed by atoms with Gasteiger partial charge in [0, 0.05) is 12.6 Å². The van der Waals surface area contributed by atoms with Gasteiger partial charge in [-0.15, -0.1) is 0 Å². The monoisotopic (exact) mass is 249 g/mol. The summed E-state index contributed by atoms with van der Waals surface area (Å²) in [6.07, 6.45) is 3.09. The first-order valence-electron chi connectivity index (χ1n) is 5.68. The van der Waals surface area contributed by atoms with Crippen LogP contribution >= 0.6 is 0 Å². The number of carboxylic acids is 1. The number of nitrogens with zero attached hydrogens (tertiary/aromatic N) is 1. The van der Waals surface area contributed by atoms with Gasteiger partial charge in [-0.2, -0.15) is 4.31 Å². The van der Waals surface area contributed by atoms with Crippen LogP contribution in [0.1, 0.15) is 39.0 Å². The number of hydrogen-bond acceptors (Lipinski definition) is 3. The molecule has 6 heteroatoms. The van der Waals surface area contributed by atoms with Crippen molar-refractivity contribution in [3.05, 3.63) is 0 Å². The van der Waals surface area contributed by atoms with Gasteiger partial charge >= 0.3 is 5.97 Å². The topological polar surface area (TPSA) is 74.7 Å². The maximum absolute atomic E-state index is 11.9. The zero-order valence-electron chi connectivity index (χ0n) is 9.55. The molecule has 94 valence electrons. The van der Waals surface area contributed by atoms with Crippen LogP contribution in [0.5, 0.6) is 0 Å². The van der Waals surface area contributed by atoms with Gasteiger partial charge in [0.2, 0.25) is 10.0 Å². The first-order valence-corrected chi connectivity index (χ1v) is 7.29. The second-order valence-corrected chi connectivity index (χ2v) is 6.20. The molecular formula is C10H19NO4S. The van der Waals surface area contributed by atoms with Gasteiger partial charge < -0.3 is 5.11 Å². The Morgan fingerprint density at radius 1 is 1.44 bits per heavy atom. The minimum atomic E-state index is -3.25. The van der Waals surface area contributed by atoms with Crippen molar-refractivity contribution in [2.75, 3.05) is 12.3 Å². The number of carbonyl (C=O) groups is 1. The smallest absolute Gasteiger partial charge is 0.304 e. The number of unbranched alkanes of at least 4 members (excludes halogenated alkanes) is 1. The highest BCUT2D eigenvalue weighted by molar-refractivity contribution is 7.89.